The van der Waals surface area contributed by atoms with E-state index in [9.17, 15) is 18.0 Å². The van der Waals surface area contributed by atoms with E-state index in [1.165, 1.54) is 13.1 Å². The maximum absolute atomic E-state index is 11.9. The zero-order chi connectivity index (χ0) is 17.2. The van der Waals surface area contributed by atoms with Crippen LogP contribution < -0.4 is 11.2 Å². The molecule has 1 aromatic heterocycles. The fraction of sp³-hybridized carbons (Fsp3) is 0.636. The van der Waals surface area contributed by atoms with Crippen molar-refractivity contribution in [3.63, 3.8) is 0 Å². The molecule has 1 aromatic rings. The van der Waals surface area contributed by atoms with Gasteiger partial charge in [0.15, 0.2) is 0 Å². The van der Waals surface area contributed by atoms with Gasteiger partial charge in [-0.05, 0) is 12.5 Å². The van der Waals surface area contributed by atoms with Crippen LogP contribution in [0.15, 0.2) is 20.9 Å². The van der Waals surface area contributed by atoms with Crippen LogP contribution in [-0.2, 0) is 19.0 Å². The minimum Gasteiger partial charge on any atom is -0.352 e. The predicted octanol–water partition coefficient (Wildman–Crippen LogP) is -0.212. The van der Waals surface area contributed by atoms with Crippen LogP contribution in [0.4, 0.5) is 0 Å². The molecular formula is C11H15N5O6S. The standard InChI is InChI=1S/C11H15N5O6S/c1-6-4-16(11(18)13-10(6)17)9-3-7(14-15-12)8(22-9)5-21-23(2,19)20/h4,7-9H,3,5H2,1-2H3,(H,13,17,18)/t7-,8+,9+/m0/s1. The predicted molar refractivity (Wildman–Crippen MR) is 78.3 cm³/mol. The Labute approximate surface area is 130 Å². The van der Waals surface area contributed by atoms with Crippen molar-refractivity contribution in [1.82, 2.24) is 9.55 Å². The van der Waals surface area contributed by atoms with Crippen LogP contribution >= 0.6 is 0 Å². The summed E-state index contributed by atoms with van der Waals surface area (Å²) in [6.45, 7) is 1.19. The monoisotopic (exact) mass is 345 g/mol. The molecular weight excluding hydrogens is 330 g/mol. The lowest BCUT2D eigenvalue weighted by atomic mass is 10.1. The van der Waals surface area contributed by atoms with Gasteiger partial charge >= 0.3 is 5.69 Å². The van der Waals surface area contributed by atoms with E-state index in [2.05, 4.69) is 19.2 Å². The summed E-state index contributed by atoms with van der Waals surface area (Å²) in [5.74, 6) is 0. The lowest BCUT2D eigenvalue weighted by molar-refractivity contribution is -0.0213. The fourth-order valence-corrected chi connectivity index (χ4v) is 2.60. The second-order valence-corrected chi connectivity index (χ2v) is 6.75. The summed E-state index contributed by atoms with van der Waals surface area (Å²) >= 11 is 0. The van der Waals surface area contributed by atoms with Crippen LogP contribution in [-0.4, -0.2) is 43.0 Å². The number of rotatable bonds is 5. The molecule has 11 nitrogen and oxygen atoms in total. The van der Waals surface area contributed by atoms with Gasteiger partial charge in [-0.2, -0.15) is 8.42 Å². The topological polar surface area (TPSA) is 156 Å². The van der Waals surface area contributed by atoms with Crippen molar-refractivity contribution in [3.05, 3.63) is 43.0 Å². The van der Waals surface area contributed by atoms with Gasteiger partial charge in [-0.1, -0.05) is 5.11 Å². The lowest BCUT2D eigenvalue weighted by Crippen LogP contribution is -2.33. The third kappa shape index (κ3) is 4.20. The van der Waals surface area contributed by atoms with Crippen LogP contribution in [0.2, 0.25) is 0 Å². The molecule has 0 saturated carbocycles. The molecule has 0 bridgehead atoms. The van der Waals surface area contributed by atoms with E-state index in [1.54, 1.807) is 0 Å². The van der Waals surface area contributed by atoms with Crippen molar-refractivity contribution >= 4 is 10.1 Å². The zero-order valence-electron chi connectivity index (χ0n) is 12.4. The minimum atomic E-state index is -3.68. The highest BCUT2D eigenvalue weighted by molar-refractivity contribution is 7.85. The van der Waals surface area contributed by atoms with Crippen LogP contribution in [0.3, 0.4) is 0 Å². The van der Waals surface area contributed by atoms with Crippen LogP contribution in [0, 0.1) is 6.92 Å². The summed E-state index contributed by atoms with van der Waals surface area (Å²) in [6.07, 6.45) is 0.732. The van der Waals surface area contributed by atoms with Crippen molar-refractivity contribution in [2.45, 2.75) is 31.7 Å². The molecule has 3 atom stereocenters. The number of nitrogens with one attached hydrogen (secondary N) is 1. The normalized spacial score (nSPS) is 24.3. The largest absolute Gasteiger partial charge is 0.352 e. The second-order valence-electron chi connectivity index (χ2n) is 5.10. The molecule has 0 spiro atoms. The van der Waals surface area contributed by atoms with E-state index in [0.717, 1.165) is 10.8 Å². The molecule has 2 heterocycles. The number of aryl methyl sites for hydroxylation is 1. The SMILES string of the molecule is Cc1cn([C@H]2C[C@H](N=[N+]=[N-])[C@@H](COS(C)(=O)=O)O2)c(=O)[nH]c1=O. The Balaban J connectivity index is 2.26. The highest BCUT2D eigenvalue weighted by Crippen LogP contribution is 2.30. The van der Waals surface area contributed by atoms with Crippen LogP contribution in [0.1, 0.15) is 18.2 Å². The minimum absolute atomic E-state index is 0.146. The number of aromatic nitrogens is 2. The van der Waals surface area contributed by atoms with E-state index in [4.69, 9.17) is 10.3 Å². The van der Waals surface area contributed by atoms with Gasteiger partial charge in [0.1, 0.15) is 6.23 Å². The van der Waals surface area contributed by atoms with Crippen LogP contribution in [0.5, 0.6) is 0 Å². The Bertz CT molecular complexity index is 852. The number of azide groups is 1. The van der Waals surface area contributed by atoms with Gasteiger partial charge in [0.25, 0.3) is 15.7 Å². The molecule has 1 fully saturated rings. The van der Waals surface area contributed by atoms with E-state index in [-0.39, 0.29) is 13.0 Å². The number of hydrogen-bond acceptors (Lipinski definition) is 7. The molecule has 23 heavy (non-hydrogen) atoms. The summed E-state index contributed by atoms with van der Waals surface area (Å²) in [4.78, 5) is 28.1. The molecule has 1 saturated heterocycles. The molecule has 1 aliphatic rings. The lowest BCUT2D eigenvalue weighted by Gasteiger charge is -2.16. The van der Waals surface area contributed by atoms with Gasteiger partial charge in [0.2, 0.25) is 0 Å². The van der Waals surface area contributed by atoms with Gasteiger partial charge < -0.3 is 4.74 Å². The van der Waals surface area contributed by atoms with Crippen molar-refractivity contribution < 1.29 is 17.3 Å². The quantitative estimate of drug-likeness (QED) is 0.336. The van der Waals surface area contributed by atoms with Gasteiger partial charge in [-0.15, -0.1) is 0 Å². The first kappa shape index (κ1) is 17.2. The first-order valence-corrected chi connectivity index (χ1v) is 8.39. The Morgan fingerprint density at radius 1 is 1.57 bits per heavy atom. The summed E-state index contributed by atoms with van der Waals surface area (Å²) < 4.78 is 33.5. The average molecular weight is 345 g/mol. The number of aromatic amines is 1. The summed E-state index contributed by atoms with van der Waals surface area (Å²) in [5.41, 5.74) is 7.72. The van der Waals surface area contributed by atoms with E-state index in [1.807, 2.05) is 0 Å². The number of H-pyrrole nitrogens is 1. The summed E-state index contributed by atoms with van der Waals surface area (Å²) in [7, 11) is -3.68. The molecule has 0 aliphatic carbocycles. The van der Waals surface area contributed by atoms with E-state index < -0.39 is 39.7 Å². The Kier molecular flexibility index (Phi) is 4.90. The summed E-state index contributed by atoms with van der Waals surface area (Å²) in [6, 6.07) is -0.703. The van der Waals surface area contributed by atoms with E-state index >= 15 is 0 Å². The Morgan fingerprint density at radius 2 is 2.26 bits per heavy atom. The average Bonchev–Trinajstić information content (AvgIpc) is 2.83. The maximum atomic E-state index is 11.9. The molecule has 126 valence electrons. The molecule has 12 heteroatoms. The van der Waals surface area contributed by atoms with Crippen LogP contribution in [0.25, 0.3) is 10.4 Å². The van der Waals surface area contributed by atoms with Crippen molar-refractivity contribution in [3.8, 4) is 0 Å². The van der Waals surface area contributed by atoms with Gasteiger partial charge in [-0.25, -0.2) is 4.79 Å². The Morgan fingerprint density at radius 3 is 2.87 bits per heavy atom. The van der Waals surface area contributed by atoms with Crippen molar-refractivity contribution in [2.24, 2.45) is 5.11 Å². The second kappa shape index (κ2) is 6.54. The first-order valence-electron chi connectivity index (χ1n) is 6.57. The molecule has 0 unspecified atom stereocenters. The highest BCUT2D eigenvalue weighted by atomic mass is 32.2. The molecule has 0 aromatic carbocycles. The maximum Gasteiger partial charge on any atom is 0.330 e. The fourth-order valence-electron chi connectivity index (χ4n) is 2.21. The molecule has 2 rings (SSSR count). The number of nitrogens with zero attached hydrogens (tertiary/aromatic N) is 4. The number of hydrogen-bond donors (Lipinski definition) is 1. The summed E-state index contributed by atoms with van der Waals surface area (Å²) in [5, 5.41) is 3.54. The molecule has 0 amide bonds. The molecule has 0 radical (unpaired) electrons. The van der Waals surface area contributed by atoms with Gasteiger partial charge in [0.05, 0.1) is 25.0 Å². The number of ether oxygens (including phenoxy) is 1. The van der Waals surface area contributed by atoms with E-state index in [0.29, 0.717) is 5.56 Å². The Hall–Kier alpha value is -2.14. The molecule has 1 aliphatic heterocycles. The zero-order valence-corrected chi connectivity index (χ0v) is 13.2. The third-order valence-electron chi connectivity index (χ3n) is 3.31. The van der Waals surface area contributed by atoms with Gasteiger partial charge in [-0.3, -0.25) is 18.5 Å². The van der Waals surface area contributed by atoms with Crippen molar-refractivity contribution in [1.29, 1.82) is 0 Å². The first-order chi connectivity index (χ1) is 10.7. The third-order valence-corrected chi connectivity index (χ3v) is 3.87. The van der Waals surface area contributed by atoms with Gasteiger partial charge in [0, 0.05) is 23.1 Å². The van der Waals surface area contributed by atoms with Crippen molar-refractivity contribution in [2.75, 3.05) is 12.9 Å². The smallest absolute Gasteiger partial charge is 0.330 e. The molecule has 1 N–H and O–H groups in total. The highest BCUT2D eigenvalue weighted by Gasteiger charge is 2.37.